The van der Waals surface area contributed by atoms with Crippen LogP contribution in [0.15, 0.2) is 41.0 Å². The van der Waals surface area contributed by atoms with Crippen LogP contribution in [0.4, 0.5) is 5.69 Å². The van der Waals surface area contributed by atoms with Crippen LogP contribution >= 0.6 is 15.9 Å². The summed E-state index contributed by atoms with van der Waals surface area (Å²) in [4.78, 5) is 14.4. The highest BCUT2D eigenvalue weighted by atomic mass is 79.9. The van der Waals surface area contributed by atoms with Crippen LogP contribution in [0.25, 0.3) is 0 Å². The number of nitro groups is 1. The maximum absolute atomic E-state index is 10.8. The first-order valence-corrected chi connectivity index (χ1v) is 5.91. The quantitative estimate of drug-likeness (QED) is 0.638. The van der Waals surface area contributed by atoms with E-state index < -0.39 is 4.92 Å². The monoisotopic (exact) mass is 308 g/mol. The number of ether oxygens (including phenoxy) is 1. The number of hydrogen-bond acceptors (Lipinski definition) is 4. The van der Waals surface area contributed by atoms with E-state index in [4.69, 9.17) is 4.74 Å². The molecule has 18 heavy (non-hydrogen) atoms. The second kappa shape index (κ2) is 5.14. The van der Waals surface area contributed by atoms with Crippen molar-refractivity contribution in [3.05, 3.63) is 56.7 Å². The molecule has 0 N–H and O–H groups in total. The molecule has 0 radical (unpaired) electrons. The molecule has 1 heterocycles. The van der Waals surface area contributed by atoms with E-state index in [0.29, 0.717) is 21.7 Å². The van der Waals surface area contributed by atoms with Crippen molar-refractivity contribution in [1.82, 2.24) is 4.98 Å². The van der Waals surface area contributed by atoms with E-state index >= 15 is 0 Å². The topological polar surface area (TPSA) is 65.3 Å². The lowest BCUT2D eigenvalue weighted by molar-refractivity contribution is -0.385. The van der Waals surface area contributed by atoms with Gasteiger partial charge >= 0.3 is 0 Å². The van der Waals surface area contributed by atoms with Gasteiger partial charge in [0.15, 0.2) is 0 Å². The summed E-state index contributed by atoms with van der Waals surface area (Å²) >= 11 is 3.30. The molecule has 0 amide bonds. The largest absolute Gasteiger partial charge is 0.437 e. The number of rotatable bonds is 3. The molecule has 0 aliphatic carbocycles. The van der Waals surface area contributed by atoms with Gasteiger partial charge in [0.25, 0.3) is 5.69 Å². The minimum absolute atomic E-state index is 0.0274. The summed E-state index contributed by atoms with van der Waals surface area (Å²) in [6, 6.07) is 8.24. The number of halogens is 1. The molecule has 0 saturated carbocycles. The summed E-state index contributed by atoms with van der Waals surface area (Å²) in [7, 11) is 0. The van der Waals surface area contributed by atoms with Gasteiger partial charge in [-0.25, -0.2) is 4.98 Å². The Morgan fingerprint density at radius 2 is 2.11 bits per heavy atom. The Labute approximate surface area is 112 Å². The molecule has 0 bridgehead atoms. The average Bonchev–Trinajstić information content (AvgIpc) is 2.34. The van der Waals surface area contributed by atoms with Crippen molar-refractivity contribution in [1.29, 1.82) is 0 Å². The Kier molecular flexibility index (Phi) is 3.57. The maximum atomic E-state index is 10.8. The van der Waals surface area contributed by atoms with E-state index in [2.05, 4.69) is 20.9 Å². The third kappa shape index (κ3) is 2.48. The molecule has 0 atom stereocenters. The summed E-state index contributed by atoms with van der Waals surface area (Å²) in [5, 5.41) is 10.8. The number of nitro benzene ring substituents is 1. The zero-order chi connectivity index (χ0) is 13.1. The second-order valence-electron chi connectivity index (χ2n) is 3.55. The first-order chi connectivity index (χ1) is 8.59. The fourth-order valence-electron chi connectivity index (χ4n) is 1.46. The van der Waals surface area contributed by atoms with Crippen molar-refractivity contribution in [3.63, 3.8) is 0 Å². The summed E-state index contributed by atoms with van der Waals surface area (Å²) in [6.45, 7) is 1.64. The fourth-order valence-corrected chi connectivity index (χ4v) is 1.80. The predicted octanol–water partition coefficient (Wildman–Crippen LogP) is 3.85. The number of aromatic nitrogens is 1. The van der Waals surface area contributed by atoms with Gasteiger partial charge in [0, 0.05) is 12.3 Å². The molecule has 0 fully saturated rings. The molecule has 5 nitrogen and oxygen atoms in total. The lowest BCUT2D eigenvalue weighted by atomic mass is 10.2. The zero-order valence-corrected chi connectivity index (χ0v) is 11.0. The summed E-state index contributed by atoms with van der Waals surface area (Å²) in [5.41, 5.74) is 0.500. The highest BCUT2D eigenvalue weighted by molar-refractivity contribution is 9.10. The smallest absolute Gasteiger partial charge is 0.276 e. The van der Waals surface area contributed by atoms with Crippen molar-refractivity contribution in [2.24, 2.45) is 0 Å². The van der Waals surface area contributed by atoms with Gasteiger partial charge in [-0.05, 0) is 41.1 Å². The highest BCUT2D eigenvalue weighted by Gasteiger charge is 2.15. The molecule has 92 valence electrons. The second-order valence-corrected chi connectivity index (χ2v) is 4.40. The molecular formula is C12H9BrN2O3. The molecule has 2 rings (SSSR count). The SMILES string of the molecule is Cc1c(Oc2ncccc2Br)cccc1[N+](=O)[O-]. The fraction of sp³-hybridized carbons (Fsp3) is 0.0833. The van der Waals surface area contributed by atoms with Gasteiger partial charge in [0.1, 0.15) is 5.75 Å². The van der Waals surface area contributed by atoms with Crippen LogP contribution in [-0.2, 0) is 0 Å². The predicted molar refractivity (Wildman–Crippen MR) is 69.8 cm³/mol. The van der Waals surface area contributed by atoms with Gasteiger partial charge in [0.05, 0.1) is 15.0 Å². The Hall–Kier alpha value is -1.95. The molecule has 1 aromatic heterocycles. The summed E-state index contributed by atoms with van der Waals surface area (Å²) < 4.78 is 6.26. The number of nitrogens with zero attached hydrogens (tertiary/aromatic N) is 2. The number of hydrogen-bond donors (Lipinski definition) is 0. The van der Waals surface area contributed by atoms with Crippen LogP contribution in [0.1, 0.15) is 5.56 Å². The Balaban J connectivity index is 2.39. The van der Waals surface area contributed by atoms with Crippen molar-refractivity contribution < 1.29 is 9.66 Å². The van der Waals surface area contributed by atoms with E-state index in [1.165, 1.54) is 6.07 Å². The maximum Gasteiger partial charge on any atom is 0.276 e. The highest BCUT2D eigenvalue weighted by Crippen LogP contribution is 2.32. The first kappa shape index (κ1) is 12.5. The molecule has 0 spiro atoms. The van der Waals surface area contributed by atoms with Gasteiger partial charge in [-0.3, -0.25) is 10.1 Å². The number of pyridine rings is 1. The van der Waals surface area contributed by atoms with E-state index in [-0.39, 0.29) is 5.69 Å². The van der Waals surface area contributed by atoms with Crippen LogP contribution in [0.2, 0.25) is 0 Å². The molecule has 0 aliphatic rings. The van der Waals surface area contributed by atoms with E-state index in [9.17, 15) is 10.1 Å². The third-order valence-corrected chi connectivity index (χ3v) is 2.99. The lowest BCUT2D eigenvalue weighted by Crippen LogP contribution is -1.95. The molecule has 0 saturated heterocycles. The standard InChI is InChI=1S/C12H9BrN2O3/c1-8-10(15(16)17)5-2-6-11(8)18-12-9(13)4-3-7-14-12/h2-7H,1H3. The average molecular weight is 309 g/mol. The van der Waals surface area contributed by atoms with Gasteiger partial charge in [-0.15, -0.1) is 0 Å². The third-order valence-electron chi connectivity index (χ3n) is 2.38. The summed E-state index contributed by atoms with van der Waals surface area (Å²) in [5.74, 6) is 0.796. The lowest BCUT2D eigenvalue weighted by Gasteiger charge is -2.08. The minimum atomic E-state index is -0.435. The van der Waals surface area contributed by atoms with Crippen LogP contribution in [0, 0.1) is 17.0 Å². The molecule has 6 heteroatoms. The van der Waals surface area contributed by atoms with Gasteiger partial charge in [0.2, 0.25) is 5.88 Å². The number of benzene rings is 1. The molecule has 1 aromatic carbocycles. The molecular weight excluding hydrogens is 300 g/mol. The van der Waals surface area contributed by atoms with Crippen molar-refractivity contribution in [3.8, 4) is 11.6 Å². The van der Waals surface area contributed by atoms with E-state index in [1.54, 1.807) is 37.4 Å². The Bertz CT molecular complexity index is 602. The van der Waals surface area contributed by atoms with Crippen LogP contribution < -0.4 is 4.74 Å². The van der Waals surface area contributed by atoms with Crippen molar-refractivity contribution in [2.45, 2.75) is 6.92 Å². The van der Waals surface area contributed by atoms with Crippen LogP contribution in [0.5, 0.6) is 11.6 Å². The normalized spacial score (nSPS) is 10.1. The van der Waals surface area contributed by atoms with Gasteiger partial charge in [-0.1, -0.05) is 6.07 Å². The zero-order valence-electron chi connectivity index (χ0n) is 9.46. The van der Waals surface area contributed by atoms with Crippen LogP contribution in [0.3, 0.4) is 0 Å². The van der Waals surface area contributed by atoms with Crippen LogP contribution in [-0.4, -0.2) is 9.91 Å². The van der Waals surface area contributed by atoms with E-state index in [1.807, 2.05) is 0 Å². The minimum Gasteiger partial charge on any atom is -0.437 e. The van der Waals surface area contributed by atoms with Gasteiger partial charge in [-0.2, -0.15) is 0 Å². The van der Waals surface area contributed by atoms with E-state index in [0.717, 1.165) is 0 Å². The van der Waals surface area contributed by atoms with Gasteiger partial charge < -0.3 is 4.74 Å². The first-order valence-electron chi connectivity index (χ1n) is 5.12. The molecule has 0 unspecified atom stereocenters. The van der Waals surface area contributed by atoms with Crippen molar-refractivity contribution >= 4 is 21.6 Å². The molecule has 0 aliphatic heterocycles. The molecule has 2 aromatic rings. The van der Waals surface area contributed by atoms with Crippen molar-refractivity contribution in [2.75, 3.05) is 0 Å². The summed E-state index contributed by atoms with van der Waals surface area (Å²) in [6.07, 6.45) is 1.59. The Morgan fingerprint density at radius 3 is 2.78 bits per heavy atom. The Morgan fingerprint density at radius 1 is 1.33 bits per heavy atom.